The van der Waals surface area contributed by atoms with E-state index in [-0.39, 0.29) is 6.04 Å². The molecule has 0 radical (unpaired) electrons. The minimum Gasteiger partial charge on any atom is -0.324 e. The molecule has 1 aliphatic heterocycles. The molecule has 1 atom stereocenters. The van der Waals surface area contributed by atoms with E-state index in [2.05, 4.69) is 80.7 Å². The van der Waals surface area contributed by atoms with Gasteiger partial charge in [0.25, 0.3) is 0 Å². The minimum atomic E-state index is 0.0355. The highest BCUT2D eigenvalue weighted by Crippen LogP contribution is 2.32. The van der Waals surface area contributed by atoms with E-state index in [0.717, 1.165) is 28.1 Å². The first kappa shape index (κ1) is 15.1. The number of halogens is 1. The van der Waals surface area contributed by atoms with Gasteiger partial charge in [0.1, 0.15) is 12.4 Å². The standard InChI is InChI=1S/C19H17BrN4/c1-2-13-3-5-15(6-4-13)18-11-17(14-7-9-16(20)10-8-14)23-19-21-12-22-24(18)19/h3-12,18H,2H2,1H3,(H,21,22,23)/t18-/m1/s1. The summed E-state index contributed by atoms with van der Waals surface area (Å²) in [5, 5.41) is 7.76. The Morgan fingerprint density at radius 1 is 1.08 bits per heavy atom. The fourth-order valence-corrected chi connectivity index (χ4v) is 3.18. The molecule has 1 aromatic heterocycles. The van der Waals surface area contributed by atoms with Crippen LogP contribution in [0.2, 0.25) is 0 Å². The number of rotatable bonds is 3. The van der Waals surface area contributed by atoms with E-state index >= 15 is 0 Å². The van der Waals surface area contributed by atoms with Crippen molar-refractivity contribution in [1.82, 2.24) is 14.8 Å². The molecule has 3 aromatic rings. The van der Waals surface area contributed by atoms with Gasteiger partial charge < -0.3 is 5.32 Å². The Morgan fingerprint density at radius 2 is 1.83 bits per heavy atom. The van der Waals surface area contributed by atoms with Crippen molar-refractivity contribution in [3.8, 4) is 0 Å². The highest BCUT2D eigenvalue weighted by Gasteiger charge is 2.23. The van der Waals surface area contributed by atoms with Gasteiger partial charge >= 0.3 is 0 Å². The van der Waals surface area contributed by atoms with Gasteiger partial charge in [-0.05, 0) is 41.3 Å². The van der Waals surface area contributed by atoms with Crippen LogP contribution in [0.25, 0.3) is 5.70 Å². The molecule has 0 bridgehead atoms. The fourth-order valence-electron chi connectivity index (χ4n) is 2.92. The van der Waals surface area contributed by atoms with E-state index < -0.39 is 0 Å². The van der Waals surface area contributed by atoms with Crippen LogP contribution in [-0.2, 0) is 6.42 Å². The Morgan fingerprint density at radius 3 is 2.54 bits per heavy atom. The average molecular weight is 381 g/mol. The lowest BCUT2D eigenvalue weighted by Gasteiger charge is -2.24. The predicted molar refractivity (Wildman–Crippen MR) is 99.7 cm³/mol. The SMILES string of the molecule is CCc1ccc([C@H]2C=C(c3ccc(Br)cc3)Nc3ncnn32)cc1. The third kappa shape index (κ3) is 2.76. The molecule has 24 heavy (non-hydrogen) atoms. The number of aromatic nitrogens is 3. The van der Waals surface area contributed by atoms with Crippen LogP contribution >= 0.6 is 15.9 Å². The molecule has 120 valence electrons. The van der Waals surface area contributed by atoms with Crippen LogP contribution in [0.3, 0.4) is 0 Å². The minimum absolute atomic E-state index is 0.0355. The van der Waals surface area contributed by atoms with Crippen molar-refractivity contribution in [1.29, 1.82) is 0 Å². The summed E-state index contributed by atoms with van der Waals surface area (Å²) < 4.78 is 2.99. The van der Waals surface area contributed by atoms with Crippen molar-refractivity contribution in [2.45, 2.75) is 19.4 Å². The van der Waals surface area contributed by atoms with Gasteiger partial charge in [0.2, 0.25) is 5.95 Å². The maximum Gasteiger partial charge on any atom is 0.226 e. The Labute approximate surface area is 149 Å². The fraction of sp³-hybridized carbons (Fsp3) is 0.158. The second kappa shape index (κ2) is 6.24. The Hall–Kier alpha value is -2.40. The number of fused-ring (bicyclic) bond motifs is 1. The van der Waals surface area contributed by atoms with Crippen molar-refractivity contribution in [3.05, 3.63) is 82.1 Å². The van der Waals surface area contributed by atoms with Crippen LogP contribution in [0.4, 0.5) is 5.95 Å². The van der Waals surface area contributed by atoms with Crippen LogP contribution in [0.1, 0.15) is 29.7 Å². The van der Waals surface area contributed by atoms with E-state index in [9.17, 15) is 0 Å². The summed E-state index contributed by atoms with van der Waals surface area (Å²) in [4.78, 5) is 4.35. The number of hydrogen-bond acceptors (Lipinski definition) is 3. The average Bonchev–Trinajstić information content (AvgIpc) is 3.10. The molecule has 0 fully saturated rings. The van der Waals surface area contributed by atoms with Crippen LogP contribution in [0, 0.1) is 0 Å². The van der Waals surface area contributed by atoms with Crippen LogP contribution < -0.4 is 5.32 Å². The van der Waals surface area contributed by atoms with Gasteiger partial charge in [-0.2, -0.15) is 10.1 Å². The first-order valence-corrected chi connectivity index (χ1v) is 8.77. The quantitative estimate of drug-likeness (QED) is 0.718. The summed E-state index contributed by atoms with van der Waals surface area (Å²) in [5.74, 6) is 0.764. The zero-order valence-electron chi connectivity index (χ0n) is 13.3. The van der Waals surface area contributed by atoms with Crippen LogP contribution in [0.15, 0.2) is 65.4 Å². The van der Waals surface area contributed by atoms with Crippen molar-refractivity contribution < 1.29 is 0 Å². The van der Waals surface area contributed by atoms with Gasteiger partial charge in [0, 0.05) is 10.2 Å². The van der Waals surface area contributed by atoms with Crippen molar-refractivity contribution >= 4 is 27.6 Å². The zero-order chi connectivity index (χ0) is 16.5. The Balaban J connectivity index is 1.77. The first-order valence-electron chi connectivity index (χ1n) is 7.97. The predicted octanol–water partition coefficient (Wildman–Crippen LogP) is 4.66. The highest BCUT2D eigenvalue weighted by atomic mass is 79.9. The molecule has 0 aliphatic carbocycles. The molecular weight excluding hydrogens is 364 g/mol. The number of anilines is 1. The van der Waals surface area contributed by atoms with Crippen molar-refractivity contribution in [3.63, 3.8) is 0 Å². The molecule has 0 saturated heterocycles. The lowest BCUT2D eigenvalue weighted by Crippen LogP contribution is -2.20. The van der Waals surface area contributed by atoms with E-state index in [1.807, 2.05) is 16.8 Å². The topological polar surface area (TPSA) is 42.7 Å². The zero-order valence-corrected chi connectivity index (χ0v) is 14.9. The molecule has 1 N–H and O–H groups in total. The van der Waals surface area contributed by atoms with Gasteiger partial charge in [0.05, 0.1) is 0 Å². The second-order valence-electron chi connectivity index (χ2n) is 5.78. The third-order valence-electron chi connectivity index (χ3n) is 4.29. The number of benzene rings is 2. The second-order valence-corrected chi connectivity index (χ2v) is 6.70. The summed E-state index contributed by atoms with van der Waals surface area (Å²) in [6.45, 7) is 2.17. The van der Waals surface area contributed by atoms with Crippen molar-refractivity contribution in [2.24, 2.45) is 0 Å². The monoisotopic (exact) mass is 380 g/mol. The lowest BCUT2D eigenvalue weighted by molar-refractivity contribution is 0.611. The number of aryl methyl sites for hydroxylation is 1. The van der Waals surface area contributed by atoms with Gasteiger partial charge in [0.15, 0.2) is 0 Å². The molecule has 0 amide bonds. The maximum absolute atomic E-state index is 4.39. The largest absolute Gasteiger partial charge is 0.324 e. The first-order chi connectivity index (χ1) is 11.7. The maximum atomic E-state index is 4.39. The number of nitrogens with zero attached hydrogens (tertiary/aromatic N) is 3. The lowest BCUT2D eigenvalue weighted by atomic mass is 10.00. The molecule has 1 aliphatic rings. The molecule has 5 heteroatoms. The molecule has 2 heterocycles. The molecule has 2 aromatic carbocycles. The summed E-state index contributed by atoms with van der Waals surface area (Å²) >= 11 is 3.48. The summed E-state index contributed by atoms with van der Waals surface area (Å²) in [5.41, 5.74) is 4.72. The molecule has 0 unspecified atom stereocenters. The Bertz CT molecular complexity index is 878. The van der Waals surface area contributed by atoms with Crippen molar-refractivity contribution in [2.75, 3.05) is 5.32 Å². The normalized spacial score (nSPS) is 16.2. The summed E-state index contributed by atoms with van der Waals surface area (Å²) in [6.07, 6.45) is 4.83. The summed E-state index contributed by atoms with van der Waals surface area (Å²) in [6, 6.07) is 17.0. The van der Waals surface area contributed by atoms with Gasteiger partial charge in [-0.15, -0.1) is 0 Å². The molecule has 0 saturated carbocycles. The Kier molecular flexibility index (Phi) is 3.94. The van der Waals surface area contributed by atoms with E-state index in [1.54, 1.807) is 6.33 Å². The van der Waals surface area contributed by atoms with Gasteiger partial charge in [-0.25, -0.2) is 4.68 Å². The third-order valence-corrected chi connectivity index (χ3v) is 4.82. The molecule has 0 spiro atoms. The van der Waals surface area contributed by atoms with E-state index in [0.29, 0.717) is 0 Å². The molecule has 4 rings (SSSR count). The number of allylic oxidation sites excluding steroid dienone is 1. The summed E-state index contributed by atoms with van der Waals surface area (Å²) in [7, 11) is 0. The van der Waals surface area contributed by atoms with E-state index in [1.165, 1.54) is 11.1 Å². The highest BCUT2D eigenvalue weighted by molar-refractivity contribution is 9.10. The van der Waals surface area contributed by atoms with Crippen LogP contribution in [0.5, 0.6) is 0 Å². The smallest absolute Gasteiger partial charge is 0.226 e. The van der Waals surface area contributed by atoms with Gasteiger partial charge in [-0.3, -0.25) is 0 Å². The molecular formula is C19H17BrN4. The van der Waals surface area contributed by atoms with E-state index in [4.69, 9.17) is 0 Å². The van der Waals surface area contributed by atoms with Crippen LogP contribution in [-0.4, -0.2) is 14.8 Å². The number of nitrogens with one attached hydrogen (secondary N) is 1. The number of hydrogen-bond donors (Lipinski definition) is 1. The van der Waals surface area contributed by atoms with Gasteiger partial charge in [-0.1, -0.05) is 59.3 Å². The molecule has 4 nitrogen and oxygen atoms in total.